The van der Waals surface area contributed by atoms with Crippen molar-refractivity contribution in [3.8, 4) is 17.1 Å². The molecule has 0 aliphatic heterocycles. The summed E-state index contributed by atoms with van der Waals surface area (Å²) in [5.41, 5.74) is 4.34. The number of nitro groups is 1. The molecule has 4 aromatic rings. The van der Waals surface area contributed by atoms with E-state index in [9.17, 15) is 14.9 Å². The normalized spacial score (nSPS) is 11.0. The Labute approximate surface area is 217 Å². The average Bonchev–Trinajstić information content (AvgIpc) is 3.28. The largest absolute Gasteiger partial charge is 0.288 e. The summed E-state index contributed by atoms with van der Waals surface area (Å²) in [6, 6.07) is 21.6. The van der Waals surface area contributed by atoms with E-state index < -0.39 is 4.92 Å². The van der Waals surface area contributed by atoms with Crippen molar-refractivity contribution in [2.75, 3.05) is 5.75 Å². The van der Waals surface area contributed by atoms with Gasteiger partial charge in [-0.25, -0.2) is 5.43 Å². The first kappa shape index (κ1) is 24.6. The standard InChI is InChI=1S/C23H16BrClN6O3S/c24-17-7-9-18(10-8-17)30-22(16-4-2-1-3-5-16)28-29-23(30)35-14-21(32)27-26-13-15-6-11-19(25)20(12-15)31(33)34/h1-13H,14H2,(H,27,32). The first-order valence-corrected chi connectivity index (χ1v) is 12.2. The Morgan fingerprint density at radius 3 is 2.60 bits per heavy atom. The van der Waals surface area contributed by atoms with Crippen LogP contribution in [0.15, 0.2) is 87.5 Å². The molecule has 3 aromatic carbocycles. The molecule has 0 bridgehead atoms. The van der Waals surface area contributed by atoms with E-state index in [1.165, 1.54) is 30.1 Å². The zero-order chi connectivity index (χ0) is 24.8. The summed E-state index contributed by atoms with van der Waals surface area (Å²) in [6.07, 6.45) is 1.31. The van der Waals surface area contributed by atoms with E-state index in [1.807, 2.05) is 59.2 Å². The minimum atomic E-state index is -0.583. The number of amides is 1. The molecule has 0 saturated carbocycles. The first-order valence-electron chi connectivity index (χ1n) is 10.1. The van der Waals surface area contributed by atoms with Crippen molar-refractivity contribution in [1.82, 2.24) is 20.2 Å². The second-order valence-corrected chi connectivity index (χ2v) is 9.30. The van der Waals surface area contributed by atoms with Gasteiger partial charge >= 0.3 is 0 Å². The number of nitro benzene ring substituents is 1. The molecule has 0 unspecified atom stereocenters. The van der Waals surface area contributed by atoms with Crippen LogP contribution in [0.5, 0.6) is 0 Å². The van der Waals surface area contributed by atoms with E-state index in [0.29, 0.717) is 16.5 Å². The SMILES string of the molecule is O=C(CSc1nnc(-c2ccccc2)n1-c1ccc(Br)cc1)NN=Cc1ccc(Cl)c([N+](=O)[O-])c1. The monoisotopic (exact) mass is 570 g/mol. The molecular formula is C23H16BrClN6O3S. The number of aromatic nitrogens is 3. The topological polar surface area (TPSA) is 115 Å². The molecule has 12 heteroatoms. The quantitative estimate of drug-likeness (QED) is 0.129. The fourth-order valence-electron chi connectivity index (χ4n) is 3.05. The lowest BCUT2D eigenvalue weighted by molar-refractivity contribution is -0.384. The molecule has 0 aliphatic carbocycles. The van der Waals surface area contributed by atoms with Gasteiger partial charge in [0.1, 0.15) is 5.02 Å². The van der Waals surface area contributed by atoms with E-state index in [1.54, 1.807) is 6.07 Å². The highest BCUT2D eigenvalue weighted by molar-refractivity contribution is 9.10. The van der Waals surface area contributed by atoms with Gasteiger partial charge in [-0.05, 0) is 30.3 Å². The Morgan fingerprint density at radius 2 is 1.89 bits per heavy atom. The van der Waals surface area contributed by atoms with Gasteiger partial charge in [0.05, 0.1) is 16.9 Å². The van der Waals surface area contributed by atoms with Crippen LogP contribution in [0.2, 0.25) is 5.02 Å². The highest BCUT2D eigenvalue weighted by atomic mass is 79.9. The number of halogens is 2. The molecule has 35 heavy (non-hydrogen) atoms. The van der Waals surface area contributed by atoms with Crippen molar-refractivity contribution in [3.63, 3.8) is 0 Å². The van der Waals surface area contributed by atoms with Crippen LogP contribution < -0.4 is 5.43 Å². The van der Waals surface area contributed by atoms with E-state index in [4.69, 9.17) is 11.6 Å². The summed E-state index contributed by atoms with van der Waals surface area (Å²) >= 11 is 10.5. The molecule has 1 heterocycles. The highest BCUT2D eigenvalue weighted by Crippen LogP contribution is 2.28. The van der Waals surface area contributed by atoms with E-state index in [-0.39, 0.29) is 22.4 Å². The van der Waals surface area contributed by atoms with Crippen molar-refractivity contribution >= 4 is 57.1 Å². The Balaban J connectivity index is 1.48. The van der Waals surface area contributed by atoms with Crippen molar-refractivity contribution in [3.05, 3.63) is 98.0 Å². The molecule has 0 fully saturated rings. The number of hydrogen-bond donors (Lipinski definition) is 1. The minimum absolute atomic E-state index is 0.0253. The van der Waals surface area contributed by atoms with Gasteiger partial charge in [-0.2, -0.15) is 5.10 Å². The van der Waals surface area contributed by atoms with Crippen molar-refractivity contribution in [1.29, 1.82) is 0 Å². The molecule has 4 rings (SSSR count). The minimum Gasteiger partial charge on any atom is -0.272 e. The van der Waals surface area contributed by atoms with Crippen LogP contribution in [0.1, 0.15) is 5.56 Å². The molecule has 0 saturated heterocycles. The van der Waals surface area contributed by atoms with Gasteiger partial charge in [0.25, 0.3) is 11.6 Å². The Hall–Kier alpha value is -3.54. The van der Waals surface area contributed by atoms with Crippen molar-refractivity contribution < 1.29 is 9.72 Å². The summed E-state index contributed by atoms with van der Waals surface area (Å²) in [7, 11) is 0. The smallest absolute Gasteiger partial charge is 0.272 e. The number of thioether (sulfide) groups is 1. The number of nitrogens with one attached hydrogen (secondary N) is 1. The van der Waals surface area contributed by atoms with Gasteiger partial charge in [0.2, 0.25) is 0 Å². The maximum atomic E-state index is 12.4. The van der Waals surface area contributed by atoms with Crippen LogP contribution in [0.25, 0.3) is 17.1 Å². The molecule has 0 aliphatic rings. The zero-order valence-electron chi connectivity index (χ0n) is 17.8. The summed E-state index contributed by atoms with van der Waals surface area (Å²) in [5.74, 6) is 0.307. The number of nitrogens with zero attached hydrogens (tertiary/aromatic N) is 5. The van der Waals surface area contributed by atoms with E-state index >= 15 is 0 Å². The second kappa shape index (κ2) is 11.3. The van der Waals surface area contributed by atoms with Crippen molar-refractivity contribution in [2.24, 2.45) is 5.10 Å². The maximum Gasteiger partial charge on any atom is 0.288 e. The third-order valence-corrected chi connectivity index (χ3v) is 6.43. The third-order valence-electron chi connectivity index (χ3n) is 4.65. The zero-order valence-corrected chi connectivity index (χ0v) is 21.0. The number of benzene rings is 3. The van der Waals surface area contributed by atoms with Gasteiger partial charge in [0.15, 0.2) is 11.0 Å². The molecule has 9 nitrogen and oxygen atoms in total. The van der Waals surface area contributed by atoms with E-state index in [0.717, 1.165) is 15.7 Å². The predicted octanol–water partition coefficient (Wildman–Crippen LogP) is 5.50. The molecule has 0 spiro atoms. The van der Waals surface area contributed by atoms with Gasteiger partial charge in [-0.3, -0.25) is 19.5 Å². The fraction of sp³-hybridized carbons (Fsp3) is 0.0435. The predicted molar refractivity (Wildman–Crippen MR) is 139 cm³/mol. The number of hydrazone groups is 1. The summed E-state index contributed by atoms with van der Waals surface area (Å²) in [4.78, 5) is 22.8. The highest BCUT2D eigenvalue weighted by Gasteiger charge is 2.17. The number of carbonyl (C=O) groups excluding carboxylic acids is 1. The molecule has 1 amide bonds. The molecule has 1 N–H and O–H groups in total. The summed E-state index contributed by atoms with van der Waals surface area (Å²) < 4.78 is 2.82. The molecule has 1 aromatic heterocycles. The van der Waals surface area contributed by atoms with Gasteiger partial charge < -0.3 is 0 Å². The van der Waals surface area contributed by atoms with Crippen LogP contribution in [0.3, 0.4) is 0 Å². The second-order valence-electron chi connectivity index (χ2n) is 7.03. The van der Waals surface area contributed by atoms with Gasteiger partial charge in [-0.15, -0.1) is 10.2 Å². The van der Waals surface area contributed by atoms with E-state index in [2.05, 4.69) is 36.7 Å². The van der Waals surface area contributed by atoms with Gasteiger partial charge in [-0.1, -0.05) is 75.7 Å². The molecule has 0 atom stereocenters. The van der Waals surface area contributed by atoms with Crippen LogP contribution >= 0.6 is 39.3 Å². The first-order chi connectivity index (χ1) is 16.9. The molecular weight excluding hydrogens is 556 g/mol. The summed E-state index contributed by atoms with van der Waals surface area (Å²) in [6.45, 7) is 0. The maximum absolute atomic E-state index is 12.4. The fourth-order valence-corrected chi connectivity index (χ4v) is 4.25. The summed E-state index contributed by atoms with van der Waals surface area (Å²) in [5, 5.41) is 24.1. The lowest BCUT2D eigenvalue weighted by atomic mass is 10.2. The van der Waals surface area contributed by atoms with Crippen LogP contribution in [0.4, 0.5) is 5.69 Å². The Morgan fingerprint density at radius 1 is 1.14 bits per heavy atom. The van der Waals surface area contributed by atoms with Crippen LogP contribution in [-0.4, -0.2) is 37.6 Å². The lowest BCUT2D eigenvalue weighted by Crippen LogP contribution is -2.20. The van der Waals surface area contributed by atoms with Crippen molar-refractivity contribution in [2.45, 2.75) is 5.16 Å². The Kier molecular flexibility index (Phi) is 7.91. The van der Waals surface area contributed by atoms with Crippen LogP contribution in [0, 0.1) is 10.1 Å². The number of hydrogen-bond acceptors (Lipinski definition) is 7. The molecule has 0 radical (unpaired) electrons. The number of carbonyl (C=O) groups is 1. The van der Waals surface area contributed by atoms with Gasteiger partial charge in [0, 0.05) is 27.4 Å². The molecule has 176 valence electrons. The Bertz CT molecular complexity index is 1400. The number of rotatable bonds is 8. The van der Waals surface area contributed by atoms with Crippen LogP contribution in [-0.2, 0) is 4.79 Å². The third kappa shape index (κ3) is 6.13. The lowest BCUT2D eigenvalue weighted by Gasteiger charge is -2.10. The average molecular weight is 572 g/mol.